The van der Waals surface area contributed by atoms with Crippen molar-refractivity contribution in [3.8, 4) is 0 Å². The van der Waals surface area contributed by atoms with Gasteiger partial charge in [0.15, 0.2) is 0 Å². The molecule has 0 spiro atoms. The highest BCUT2D eigenvalue weighted by Gasteiger charge is 2.38. The van der Waals surface area contributed by atoms with Gasteiger partial charge in [-0.1, -0.05) is 48.0 Å². The topological polar surface area (TPSA) is 49.4 Å². The van der Waals surface area contributed by atoms with Crippen LogP contribution in [0.3, 0.4) is 0 Å². The molecule has 0 radical (unpaired) electrons. The number of rotatable bonds is 4. The van der Waals surface area contributed by atoms with E-state index in [0.29, 0.717) is 17.1 Å². The molecule has 2 aromatic carbocycles. The zero-order valence-corrected chi connectivity index (χ0v) is 12.6. The number of aryl methyl sites for hydroxylation is 1. The number of urea groups is 1. The first-order chi connectivity index (χ1) is 10.6. The first-order valence-electron chi connectivity index (χ1n) is 7.09. The van der Waals surface area contributed by atoms with Crippen molar-refractivity contribution >= 4 is 29.2 Å². The molecule has 3 amide bonds. The molecule has 1 atom stereocenters. The van der Waals surface area contributed by atoms with Gasteiger partial charge in [-0.25, -0.2) is 9.69 Å². The van der Waals surface area contributed by atoms with Gasteiger partial charge in [-0.3, -0.25) is 4.79 Å². The van der Waals surface area contributed by atoms with E-state index in [9.17, 15) is 9.59 Å². The quantitative estimate of drug-likeness (QED) is 0.879. The third-order valence-corrected chi connectivity index (χ3v) is 3.89. The summed E-state index contributed by atoms with van der Waals surface area (Å²) < 4.78 is 0. The first kappa shape index (κ1) is 14.6. The molecule has 112 valence electrons. The number of imide groups is 1. The van der Waals surface area contributed by atoms with Crippen LogP contribution in [0.2, 0.25) is 5.02 Å². The molecule has 5 heteroatoms. The Bertz CT molecular complexity index is 703. The second-order valence-electron chi connectivity index (χ2n) is 5.18. The fraction of sp³-hybridized carbons (Fsp3) is 0.176. The molecule has 1 aliphatic rings. The van der Waals surface area contributed by atoms with Crippen molar-refractivity contribution in [1.29, 1.82) is 0 Å². The Hall–Kier alpha value is -2.33. The van der Waals surface area contributed by atoms with Crippen LogP contribution in [-0.4, -0.2) is 18.0 Å². The van der Waals surface area contributed by atoms with Gasteiger partial charge in [0, 0.05) is 5.02 Å². The average Bonchev–Trinajstić information content (AvgIpc) is 2.80. The van der Waals surface area contributed by atoms with Gasteiger partial charge in [0.1, 0.15) is 6.04 Å². The van der Waals surface area contributed by atoms with E-state index in [-0.39, 0.29) is 5.91 Å². The highest BCUT2D eigenvalue weighted by atomic mass is 35.5. The number of nitrogens with zero attached hydrogens (tertiary/aromatic N) is 1. The number of amides is 3. The van der Waals surface area contributed by atoms with E-state index < -0.39 is 12.1 Å². The van der Waals surface area contributed by atoms with E-state index in [2.05, 4.69) is 5.32 Å². The minimum atomic E-state index is -0.494. The van der Waals surface area contributed by atoms with Crippen LogP contribution in [-0.2, 0) is 11.2 Å². The second kappa shape index (κ2) is 6.20. The number of halogens is 1. The van der Waals surface area contributed by atoms with Crippen LogP contribution in [0.25, 0.3) is 0 Å². The van der Waals surface area contributed by atoms with Gasteiger partial charge in [-0.15, -0.1) is 0 Å². The average molecular weight is 315 g/mol. The summed E-state index contributed by atoms with van der Waals surface area (Å²) in [6.07, 6.45) is 1.31. The maximum absolute atomic E-state index is 12.4. The van der Waals surface area contributed by atoms with Crippen molar-refractivity contribution in [2.45, 2.75) is 18.9 Å². The lowest BCUT2D eigenvalue weighted by molar-refractivity contribution is -0.118. The van der Waals surface area contributed by atoms with Gasteiger partial charge < -0.3 is 5.32 Å². The smallest absolute Gasteiger partial charge is 0.325 e. The van der Waals surface area contributed by atoms with Crippen LogP contribution in [0.1, 0.15) is 12.0 Å². The predicted molar refractivity (Wildman–Crippen MR) is 86.0 cm³/mol. The maximum Gasteiger partial charge on any atom is 0.329 e. The van der Waals surface area contributed by atoms with Crippen LogP contribution in [0, 0.1) is 0 Å². The van der Waals surface area contributed by atoms with Crippen LogP contribution in [0.4, 0.5) is 10.5 Å². The van der Waals surface area contributed by atoms with E-state index in [1.165, 1.54) is 0 Å². The molecule has 22 heavy (non-hydrogen) atoms. The molecule has 1 aliphatic heterocycles. The summed E-state index contributed by atoms with van der Waals surface area (Å²) in [6, 6.07) is 15.7. The fourth-order valence-corrected chi connectivity index (χ4v) is 2.73. The molecular weight excluding hydrogens is 300 g/mol. The molecule has 1 heterocycles. The van der Waals surface area contributed by atoms with E-state index in [4.69, 9.17) is 11.6 Å². The Morgan fingerprint density at radius 1 is 1.05 bits per heavy atom. The summed E-state index contributed by atoms with van der Waals surface area (Å²) in [5, 5.41) is 3.23. The molecule has 1 N–H and O–H groups in total. The van der Waals surface area contributed by atoms with Crippen molar-refractivity contribution in [2.75, 3.05) is 4.90 Å². The van der Waals surface area contributed by atoms with Crippen LogP contribution in [0.15, 0.2) is 54.6 Å². The number of benzene rings is 2. The van der Waals surface area contributed by atoms with Gasteiger partial charge in [0.2, 0.25) is 0 Å². The Balaban J connectivity index is 1.71. The van der Waals surface area contributed by atoms with Gasteiger partial charge in [0.05, 0.1) is 5.69 Å². The largest absolute Gasteiger partial charge is 0.329 e. The Labute approximate surface area is 133 Å². The zero-order chi connectivity index (χ0) is 15.5. The Kier molecular flexibility index (Phi) is 4.11. The Morgan fingerprint density at radius 3 is 2.55 bits per heavy atom. The predicted octanol–water partition coefficient (Wildman–Crippen LogP) is 3.40. The summed E-state index contributed by atoms with van der Waals surface area (Å²) in [5.74, 6) is -0.233. The number of hydrogen-bond donors (Lipinski definition) is 1. The minimum Gasteiger partial charge on any atom is -0.325 e. The number of hydrogen-bond acceptors (Lipinski definition) is 2. The van der Waals surface area contributed by atoms with Crippen molar-refractivity contribution in [2.24, 2.45) is 0 Å². The van der Waals surface area contributed by atoms with Crippen molar-refractivity contribution in [1.82, 2.24) is 5.32 Å². The molecule has 1 fully saturated rings. The SMILES string of the molecule is O=C1NC(CCc2ccccc2)C(=O)N1c1cccc(Cl)c1. The van der Waals surface area contributed by atoms with Gasteiger partial charge in [-0.2, -0.15) is 0 Å². The summed E-state index contributed by atoms with van der Waals surface area (Å²) in [5.41, 5.74) is 1.64. The lowest BCUT2D eigenvalue weighted by Gasteiger charge is -2.13. The van der Waals surface area contributed by atoms with Gasteiger partial charge >= 0.3 is 6.03 Å². The van der Waals surface area contributed by atoms with Crippen LogP contribution < -0.4 is 10.2 Å². The fourth-order valence-electron chi connectivity index (χ4n) is 2.54. The third-order valence-electron chi connectivity index (χ3n) is 3.65. The monoisotopic (exact) mass is 314 g/mol. The molecule has 0 aromatic heterocycles. The third kappa shape index (κ3) is 2.97. The first-order valence-corrected chi connectivity index (χ1v) is 7.47. The number of carbonyl (C=O) groups excluding carboxylic acids is 2. The highest BCUT2D eigenvalue weighted by Crippen LogP contribution is 2.24. The summed E-state index contributed by atoms with van der Waals surface area (Å²) >= 11 is 5.93. The van der Waals surface area contributed by atoms with Crippen LogP contribution >= 0.6 is 11.6 Å². The maximum atomic E-state index is 12.4. The highest BCUT2D eigenvalue weighted by molar-refractivity contribution is 6.31. The Morgan fingerprint density at radius 2 is 1.82 bits per heavy atom. The molecular formula is C17H15ClN2O2. The number of anilines is 1. The number of carbonyl (C=O) groups is 2. The van der Waals surface area contributed by atoms with Gasteiger partial charge in [0.25, 0.3) is 5.91 Å². The lowest BCUT2D eigenvalue weighted by Crippen LogP contribution is -2.31. The van der Waals surface area contributed by atoms with Gasteiger partial charge in [-0.05, 0) is 36.6 Å². The summed E-state index contributed by atoms with van der Waals surface area (Å²) in [7, 11) is 0. The molecule has 1 unspecified atom stereocenters. The zero-order valence-electron chi connectivity index (χ0n) is 11.8. The van der Waals surface area contributed by atoms with Crippen molar-refractivity contribution in [3.05, 3.63) is 65.2 Å². The lowest BCUT2D eigenvalue weighted by atomic mass is 10.1. The summed E-state index contributed by atoms with van der Waals surface area (Å²) in [6.45, 7) is 0. The summed E-state index contributed by atoms with van der Waals surface area (Å²) in [4.78, 5) is 25.7. The minimum absolute atomic E-state index is 0.233. The second-order valence-corrected chi connectivity index (χ2v) is 5.62. The number of nitrogens with one attached hydrogen (secondary N) is 1. The molecule has 0 bridgehead atoms. The van der Waals surface area contributed by atoms with Crippen molar-refractivity contribution < 1.29 is 9.59 Å². The molecule has 0 saturated carbocycles. The molecule has 3 rings (SSSR count). The molecule has 1 saturated heterocycles. The van der Waals surface area contributed by atoms with Crippen LogP contribution in [0.5, 0.6) is 0 Å². The van der Waals surface area contributed by atoms with E-state index in [1.807, 2.05) is 30.3 Å². The molecule has 4 nitrogen and oxygen atoms in total. The van der Waals surface area contributed by atoms with E-state index in [0.717, 1.165) is 16.9 Å². The normalized spacial score (nSPS) is 17.7. The van der Waals surface area contributed by atoms with Crippen molar-refractivity contribution in [3.63, 3.8) is 0 Å². The standard InChI is InChI=1S/C17H15ClN2O2/c18-13-7-4-8-14(11-13)20-16(21)15(19-17(20)22)10-9-12-5-2-1-3-6-12/h1-8,11,15H,9-10H2,(H,19,22). The van der Waals surface area contributed by atoms with E-state index in [1.54, 1.807) is 24.3 Å². The molecule has 2 aromatic rings. The molecule has 0 aliphatic carbocycles. The van der Waals surface area contributed by atoms with E-state index >= 15 is 0 Å².